The summed E-state index contributed by atoms with van der Waals surface area (Å²) in [5.41, 5.74) is 0. The smallest absolute Gasteiger partial charge is 0.239 e. The van der Waals surface area contributed by atoms with E-state index in [1.165, 1.54) is 12.8 Å². The van der Waals surface area contributed by atoms with Crippen LogP contribution in [-0.4, -0.2) is 37.5 Å². The highest BCUT2D eigenvalue weighted by atomic mass is 16.2. The van der Waals surface area contributed by atoms with E-state index < -0.39 is 0 Å². The zero-order valence-corrected chi connectivity index (χ0v) is 10.8. The summed E-state index contributed by atoms with van der Waals surface area (Å²) in [5, 5.41) is 8.88. The normalized spacial score (nSPS) is 23.4. The Balaban J connectivity index is 1.52. The van der Waals surface area contributed by atoms with E-state index >= 15 is 0 Å². The summed E-state index contributed by atoms with van der Waals surface area (Å²) in [6.07, 6.45) is 6.02. The first kappa shape index (κ1) is 13.3. The SMILES string of the molecule is O=C(CCC1CCCNC1)NCC(=O)NC1CC1. The van der Waals surface area contributed by atoms with Gasteiger partial charge in [0.1, 0.15) is 0 Å². The van der Waals surface area contributed by atoms with Crippen LogP contribution in [0.5, 0.6) is 0 Å². The fourth-order valence-electron chi connectivity index (χ4n) is 2.28. The molecule has 0 aromatic heterocycles. The van der Waals surface area contributed by atoms with Crippen molar-refractivity contribution in [3.05, 3.63) is 0 Å². The summed E-state index contributed by atoms with van der Waals surface area (Å²) in [4.78, 5) is 22.9. The quantitative estimate of drug-likeness (QED) is 0.631. The molecule has 2 amide bonds. The fourth-order valence-corrected chi connectivity index (χ4v) is 2.28. The van der Waals surface area contributed by atoms with Gasteiger partial charge in [0.25, 0.3) is 0 Å². The van der Waals surface area contributed by atoms with Crippen LogP contribution in [-0.2, 0) is 9.59 Å². The van der Waals surface area contributed by atoms with Gasteiger partial charge in [-0.15, -0.1) is 0 Å². The van der Waals surface area contributed by atoms with Crippen LogP contribution in [0.3, 0.4) is 0 Å². The van der Waals surface area contributed by atoms with Crippen LogP contribution < -0.4 is 16.0 Å². The molecule has 1 unspecified atom stereocenters. The Kier molecular flexibility index (Phi) is 4.99. The molecular formula is C13H23N3O2. The van der Waals surface area contributed by atoms with Crippen LogP contribution in [0.4, 0.5) is 0 Å². The minimum Gasteiger partial charge on any atom is -0.352 e. The van der Waals surface area contributed by atoms with Crippen molar-refractivity contribution in [3.8, 4) is 0 Å². The van der Waals surface area contributed by atoms with E-state index in [-0.39, 0.29) is 18.4 Å². The zero-order chi connectivity index (χ0) is 12.8. The maximum Gasteiger partial charge on any atom is 0.239 e. The van der Waals surface area contributed by atoms with Crippen molar-refractivity contribution in [1.29, 1.82) is 0 Å². The molecule has 0 aromatic carbocycles. The molecule has 0 bridgehead atoms. The largest absolute Gasteiger partial charge is 0.352 e. The van der Waals surface area contributed by atoms with Crippen LogP contribution in [0.15, 0.2) is 0 Å². The number of rotatable bonds is 6. The maximum absolute atomic E-state index is 11.6. The highest BCUT2D eigenvalue weighted by Crippen LogP contribution is 2.18. The van der Waals surface area contributed by atoms with Gasteiger partial charge in [0.15, 0.2) is 0 Å². The molecular weight excluding hydrogens is 230 g/mol. The molecule has 1 saturated heterocycles. The minimum absolute atomic E-state index is 0.00785. The van der Waals surface area contributed by atoms with Gasteiger partial charge < -0.3 is 16.0 Å². The van der Waals surface area contributed by atoms with Crippen molar-refractivity contribution < 1.29 is 9.59 Å². The van der Waals surface area contributed by atoms with Crippen molar-refractivity contribution in [1.82, 2.24) is 16.0 Å². The van der Waals surface area contributed by atoms with Gasteiger partial charge in [-0.2, -0.15) is 0 Å². The van der Waals surface area contributed by atoms with Gasteiger partial charge in [0.05, 0.1) is 6.54 Å². The summed E-state index contributed by atoms with van der Waals surface area (Å²) in [6, 6.07) is 0.364. The Morgan fingerprint density at radius 2 is 2.00 bits per heavy atom. The molecule has 18 heavy (non-hydrogen) atoms. The Bertz CT molecular complexity index is 297. The van der Waals surface area contributed by atoms with E-state index in [0.29, 0.717) is 18.4 Å². The maximum atomic E-state index is 11.6. The molecule has 0 spiro atoms. The van der Waals surface area contributed by atoms with Gasteiger partial charge in [0.2, 0.25) is 11.8 Å². The van der Waals surface area contributed by atoms with Gasteiger partial charge in [-0.25, -0.2) is 0 Å². The van der Waals surface area contributed by atoms with Gasteiger partial charge in [-0.1, -0.05) is 0 Å². The molecule has 2 rings (SSSR count). The van der Waals surface area contributed by atoms with Gasteiger partial charge in [-0.05, 0) is 51.1 Å². The van der Waals surface area contributed by atoms with Crippen LogP contribution in [0.2, 0.25) is 0 Å². The molecule has 5 heteroatoms. The molecule has 1 aliphatic carbocycles. The Morgan fingerprint density at radius 1 is 1.17 bits per heavy atom. The van der Waals surface area contributed by atoms with E-state index in [0.717, 1.165) is 32.4 Å². The molecule has 0 radical (unpaired) electrons. The first-order chi connectivity index (χ1) is 8.74. The second-order valence-electron chi connectivity index (χ2n) is 5.37. The molecule has 5 nitrogen and oxygen atoms in total. The average molecular weight is 253 g/mol. The van der Waals surface area contributed by atoms with Crippen LogP contribution >= 0.6 is 0 Å². The second-order valence-corrected chi connectivity index (χ2v) is 5.37. The van der Waals surface area contributed by atoms with E-state index in [1.54, 1.807) is 0 Å². The Labute approximate surface area is 108 Å². The predicted octanol–water partition coefficient (Wildman–Crippen LogP) is 0.161. The highest BCUT2D eigenvalue weighted by Gasteiger charge is 2.23. The molecule has 0 aromatic rings. The van der Waals surface area contributed by atoms with Crippen LogP contribution in [0, 0.1) is 5.92 Å². The van der Waals surface area contributed by atoms with E-state index in [4.69, 9.17) is 0 Å². The lowest BCUT2D eigenvalue weighted by Crippen LogP contribution is -2.38. The third kappa shape index (κ3) is 5.04. The highest BCUT2D eigenvalue weighted by molar-refractivity contribution is 5.84. The number of carbonyl (C=O) groups excluding carboxylic acids is 2. The summed E-state index contributed by atoms with van der Waals surface area (Å²) in [7, 11) is 0. The molecule has 1 heterocycles. The van der Waals surface area contributed by atoms with Crippen molar-refractivity contribution in [2.24, 2.45) is 5.92 Å². The molecule has 1 aliphatic heterocycles. The van der Waals surface area contributed by atoms with Gasteiger partial charge in [0, 0.05) is 12.5 Å². The molecule has 2 fully saturated rings. The van der Waals surface area contributed by atoms with Crippen molar-refractivity contribution in [2.45, 2.75) is 44.6 Å². The molecule has 2 aliphatic rings. The molecule has 102 valence electrons. The van der Waals surface area contributed by atoms with E-state index in [1.807, 2.05) is 0 Å². The number of nitrogens with one attached hydrogen (secondary N) is 3. The second kappa shape index (κ2) is 6.73. The fraction of sp³-hybridized carbons (Fsp3) is 0.846. The average Bonchev–Trinajstić information content (AvgIpc) is 3.19. The zero-order valence-electron chi connectivity index (χ0n) is 10.8. The summed E-state index contributed by atoms with van der Waals surface area (Å²) in [5.74, 6) is 0.543. The number of carbonyl (C=O) groups is 2. The molecule has 1 saturated carbocycles. The Hall–Kier alpha value is -1.10. The molecule has 1 atom stereocenters. The standard InChI is InChI=1S/C13H23N3O2/c17-12(6-3-10-2-1-7-14-8-10)15-9-13(18)16-11-4-5-11/h10-11,14H,1-9H2,(H,15,17)(H,16,18). The monoisotopic (exact) mass is 253 g/mol. The third-order valence-corrected chi connectivity index (χ3v) is 3.57. The number of hydrogen-bond acceptors (Lipinski definition) is 3. The number of hydrogen-bond donors (Lipinski definition) is 3. The number of amides is 2. The van der Waals surface area contributed by atoms with Crippen molar-refractivity contribution >= 4 is 11.8 Å². The van der Waals surface area contributed by atoms with Crippen LogP contribution in [0.1, 0.15) is 38.5 Å². The summed E-state index contributed by atoms with van der Waals surface area (Å²) < 4.78 is 0. The van der Waals surface area contributed by atoms with Crippen LogP contribution in [0.25, 0.3) is 0 Å². The predicted molar refractivity (Wildman–Crippen MR) is 69.0 cm³/mol. The lowest BCUT2D eigenvalue weighted by molar-refractivity contribution is -0.126. The summed E-state index contributed by atoms with van der Waals surface area (Å²) in [6.45, 7) is 2.25. The van der Waals surface area contributed by atoms with E-state index in [9.17, 15) is 9.59 Å². The lowest BCUT2D eigenvalue weighted by Gasteiger charge is -2.22. The minimum atomic E-state index is -0.0646. The van der Waals surface area contributed by atoms with Gasteiger partial charge in [-0.3, -0.25) is 9.59 Å². The first-order valence-electron chi connectivity index (χ1n) is 7.01. The van der Waals surface area contributed by atoms with Crippen molar-refractivity contribution in [2.75, 3.05) is 19.6 Å². The third-order valence-electron chi connectivity index (χ3n) is 3.57. The molecule has 3 N–H and O–H groups in total. The van der Waals surface area contributed by atoms with Crippen molar-refractivity contribution in [3.63, 3.8) is 0 Å². The number of piperidine rings is 1. The lowest BCUT2D eigenvalue weighted by atomic mass is 9.94. The first-order valence-corrected chi connectivity index (χ1v) is 7.01. The summed E-state index contributed by atoms with van der Waals surface area (Å²) >= 11 is 0. The topological polar surface area (TPSA) is 70.2 Å². The van der Waals surface area contributed by atoms with E-state index in [2.05, 4.69) is 16.0 Å². The van der Waals surface area contributed by atoms with Gasteiger partial charge >= 0.3 is 0 Å². The Morgan fingerprint density at radius 3 is 2.67 bits per heavy atom.